The third-order valence-corrected chi connectivity index (χ3v) is 3.48. The van der Waals surface area contributed by atoms with Crippen molar-refractivity contribution in [1.82, 2.24) is 4.98 Å². The lowest BCUT2D eigenvalue weighted by atomic mass is 10.1. The Hall–Kier alpha value is -0.220. The average molecular weight is 312 g/mol. The molecule has 0 fully saturated rings. The zero-order valence-corrected chi connectivity index (χ0v) is 12.9. The highest BCUT2D eigenvalue weighted by Crippen LogP contribution is 2.29. The Morgan fingerprint density at radius 3 is 2.50 bits per heavy atom. The number of nitrogens with one attached hydrogen (secondary N) is 1. The van der Waals surface area contributed by atoms with E-state index in [0.717, 1.165) is 0 Å². The highest BCUT2D eigenvalue weighted by molar-refractivity contribution is 6.42. The van der Waals surface area contributed by atoms with Crippen LogP contribution in [-0.4, -0.2) is 24.2 Å². The van der Waals surface area contributed by atoms with Crippen molar-refractivity contribution in [2.24, 2.45) is 5.92 Å². The lowest BCUT2D eigenvalue weighted by Crippen LogP contribution is -2.31. The van der Waals surface area contributed by atoms with Crippen LogP contribution in [0, 0.1) is 5.92 Å². The molecule has 6 heteroatoms. The standard InChI is InChI=1S/C12H17Cl3N2O/c1-4-18-6-10(7(2)3)16-12-9(14)5-8(13)11(15)17-12/h5,7,10H,4,6H2,1-3H3,(H,16,17). The van der Waals surface area contributed by atoms with E-state index < -0.39 is 0 Å². The number of hydrogen-bond acceptors (Lipinski definition) is 3. The molecule has 1 rings (SSSR count). The van der Waals surface area contributed by atoms with Gasteiger partial charge in [-0.3, -0.25) is 0 Å². The van der Waals surface area contributed by atoms with Crippen LogP contribution in [-0.2, 0) is 4.74 Å². The monoisotopic (exact) mass is 310 g/mol. The summed E-state index contributed by atoms with van der Waals surface area (Å²) in [6.45, 7) is 7.42. The zero-order chi connectivity index (χ0) is 13.7. The van der Waals surface area contributed by atoms with Gasteiger partial charge >= 0.3 is 0 Å². The maximum Gasteiger partial charge on any atom is 0.150 e. The lowest BCUT2D eigenvalue weighted by Gasteiger charge is -2.23. The molecule has 1 unspecified atom stereocenters. The number of aromatic nitrogens is 1. The van der Waals surface area contributed by atoms with E-state index in [0.29, 0.717) is 35.0 Å². The first kappa shape index (κ1) is 15.8. The first-order valence-corrected chi connectivity index (χ1v) is 6.94. The molecule has 1 aromatic heterocycles. The van der Waals surface area contributed by atoms with Crippen LogP contribution in [0.3, 0.4) is 0 Å². The van der Waals surface area contributed by atoms with Crippen LogP contribution in [0.5, 0.6) is 0 Å². The van der Waals surface area contributed by atoms with Crippen LogP contribution in [0.4, 0.5) is 5.82 Å². The summed E-state index contributed by atoms with van der Waals surface area (Å²) in [4.78, 5) is 4.14. The Morgan fingerprint density at radius 1 is 1.28 bits per heavy atom. The molecule has 0 aromatic carbocycles. The molecule has 0 saturated heterocycles. The number of rotatable bonds is 6. The first-order chi connectivity index (χ1) is 8.45. The summed E-state index contributed by atoms with van der Waals surface area (Å²) in [5.41, 5.74) is 0. The van der Waals surface area contributed by atoms with Gasteiger partial charge in [-0.05, 0) is 18.9 Å². The largest absolute Gasteiger partial charge is 0.380 e. The number of hydrogen-bond donors (Lipinski definition) is 1. The number of anilines is 1. The Kier molecular flexibility index (Phi) is 6.50. The molecule has 1 N–H and O–H groups in total. The van der Waals surface area contributed by atoms with Gasteiger partial charge in [-0.1, -0.05) is 48.7 Å². The molecule has 0 amide bonds. The van der Waals surface area contributed by atoms with Gasteiger partial charge < -0.3 is 10.1 Å². The molecular formula is C12H17Cl3N2O. The molecule has 1 aromatic rings. The van der Waals surface area contributed by atoms with E-state index in [-0.39, 0.29) is 11.2 Å². The molecule has 0 aliphatic carbocycles. The van der Waals surface area contributed by atoms with Crippen molar-refractivity contribution in [2.75, 3.05) is 18.5 Å². The predicted molar refractivity (Wildman–Crippen MR) is 78.0 cm³/mol. The van der Waals surface area contributed by atoms with Gasteiger partial charge in [0.15, 0.2) is 0 Å². The molecular weight excluding hydrogens is 295 g/mol. The topological polar surface area (TPSA) is 34.1 Å². The van der Waals surface area contributed by atoms with Gasteiger partial charge in [-0.25, -0.2) is 4.98 Å². The smallest absolute Gasteiger partial charge is 0.150 e. The van der Waals surface area contributed by atoms with Crippen molar-refractivity contribution in [3.8, 4) is 0 Å². The highest BCUT2D eigenvalue weighted by atomic mass is 35.5. The normalized spacial score (nSPS) is 12.8. The third kappa shape index (κ3) is 4.47. The number of pyridine rings is 1. The van der Waals surface area contributed by atoms with E-state index in [4.69, 9.17) is 39.5 Å². The van der Waals surface area contributed by atoms with E-state index in [9.17, 15) is 0 Å². The molecule has 0 radical (unpaired) electrons. The van der Waals surface area contributed by atoms with Crippen LogP contribution in [0.25, 0.3) is 0 Å². The molecule has 0 spiro atoms. The number of halogens is 3. The Bertz CT molecular complexity index is 399. The van der Waals surface area contributed by atoms with Crippen molar-refractivity contribution in [3.63, 3.8) is 0 Å². The molecule has 1 atom stereocenters. The molecule has 3 nitrogen and oxygen atoms in total. The van der Waals surface area contributed by atoms with Gasteiger partial charge in [0.05, 0.1) is 22.7 Å². The third-order valence-electron chi connectivity index (χ3n) is 2.52. The van der Waals surface area contributed by atoms with E-state index in [1.165, 1.54) is 0 Å². The highest BCUT2D eigenvalue weighted by Gasteiger charge is 2.16. The van der Waals surface area contributed by atoms with Crippen molar-refractivity contribution in [2.45, 2.75) is 26.8 Å². The molecule has 0 saturated carbocycles. The van der Waals surface area contributed by atoms with E-state index in [2.05, 4.69) is 24.1 Å². The second kappa shape index (κ2) is 7.39. The van der Waals surface area contributed by atoms with Crippen molar-refractivity contribution < 1.29 is 4.74 Å². The molecule has 102 valence electrons. The number of nitrogens with zero attached hydrogens (tertiary/aromatic N) is 1. The summed E-state index contributed by atoms with van der Waals surface area (Å²) >= 11 is 17.8. The minimum Gasteiger partial charge on any atom is -0.380 e. The summed E-state index contributed by atoms with van der Waals surface area (Å²) in [5.74, 6) is 0.910. The van der Waals surface area contributed by atoms with Crippen LogP contribution in [0.1, 0.15) is 20.8 Å². The minimum absolute atomic E-state index is 0.118. The lowest BCUT2D eigenvalue weighted by molar-refractivity contribution is 0.126. The SMILES string of the molecule is CCOCC(Nc1nc(Cl)c(Cl)cc1Cl)C(C)C. The fraction of sp³-hybridized carbons (Fsp3) is 0.583. The Balaban J connectivity index is 2.83. The van der Waals surface area contributed by atoms with Crippen LogP contribution >= 0.6 is 34.8 Å². The predicted octanol–water partition coefficient (Wildman–Crippen LogP) is 4.51. The van der Waals surface area contributed by atoms with Crippen LogP contribution in [0.15, 0.2) is 6.07 Å². The van der Waals surface area contributed by atoms with E-state index in [1.54, 1.807) is 6.07 Å². The Morgan fingerprint density at radius 2 is 1.94 bits per heavy atom. The zero-order valence-electron chi connectivity index (χ0n) is 10.6. The van der Waals surface area contributed by atoms with Gasteiger partial charge in [0, 0.05) is 6.61 Å². The molecule has 0 aliphatic rings. The quantitative estimate of drug-likeness (QED) is 0.785. The van der Waals surface area contributed by atoms with Crippen molar-refractivity contribution in [3.05, 3.63) is 21.3 Å². The summed E-state index contributed by atoms with van der Waals surface area (Å²) in [7, 11) is 0. The van der Waals surface area contributed by atoms with Gasteiger partial charge in [-0.2, -0.15) is 0 Å². The summed E-state index contributed by atoms with van der Waals surface area (Å²) < 4.78 is 5.43. The second-order valence-corrected chi connectivity index (χ2v) is 5.42. The Labute approximate surface area is 123 Å². The first-order valence-electron chi connectivity index (χ1n) is 5.81. The van der Waals surface area contributed by atoms with Gasteiger partial charge in [0.25, 0.3) is 0 Å². The number of ether oxygens (including phenoxy) is 1. The summed E-state index contributed by atoms with van der Waals surface area (Å²) in [6.07, 6.45) is 0. The molecule has 0 aliphatic heterocycles. The maximum atomic E-state index is 6.08. The van der Waals surface area contributed by atoms with Gasteiger partial charge in [-0.15, -0.1) is 0 Å². The summed E-state index contributed by atoms with van der Waals surface area (Å²) in [6, 6.07) is 1.70. The fourth-order valence-electron chi connectivity index (χ4n) is 1.37. The fourth-order valence-corrected chi connectivity index (χ4v) is 1.92. The minimum atomic E-state index is 0.118. The van der Waals surface area contributed by atoms with Gasteiger partial charge in [0.2, 0.25) is 0 Å². The average Bonchev–Trinajstić information content (AvgIpc) is 2.30. The van der Waals surface area contributed by atoms with Crippen molar-refractivity contribution >= 4 is 40.6 Å². The summed E-state index contributed by atoms with van der Waals surface area (Å²) in [5, 5.41) is 4.27. The van der Waals surface area contributed by atoms with Crippen LogP contribution < -0.4 is 5.32 Å². The molecule has 18 heavy (non-hydrogen) atoms. The van der Waals surface area contributed by atoms with Crippen LogP contribution in [0.2, 0.25) is 15.2 Å². The van der Waals surface area contributed by atoms with E-state index in [1.807, 2.05) is 6.92 Å². The molecule has 0 bridgehead atoms. The second-order valence-electron chi connectivity index (χ2n) is 4.25. The van der Waals surface area contributed by atoms with Crippen molar-refractivity contribution in [1.29, 1.82) is 0 Å². The maximum absolute atomic E-state index is 6.08. The molecule has 1 heterocycles. The van der Waals surface area contributed by atoms with Gasteiger partial charge in [0.1, 0.15) is 11.0 Å². The van der Waals surface area contributed by atoms with E-state index >= 15 is 0 Å².